The Balaban J connectivity index is 2.17. The van der Waals surface area contributed by atoms with Crippen LogP contribution in [0.15, 0.2) is 16.8 Å². The summed E-state index contributed by atoms with van der Waals surface area (Å²) in [7, 11) is 0. The van der Waals surface area contributed by atoms with Crippen LogP contribution in [-0.2, 0) is 6.42 Å². The quantitative estimate of drug-likeness (QED) is 0.910. The molecule has 2 heterocycles. The van der Waals surface area contributed by atoms with Crippen LogP contribution in [0.5, 0.6) is 0 Å². The van der Waals surface area contributed by atoms with E-state index in [1.54, 1.807) is 6.92 Å². The number of amides is 1. The van der Waals surface area contributed by atoms with Crippen LogP contribution in [0, 0.1) is 13.8 Å². The predicted molar refractivity (Wildman–Crippen MR) is 67.6 cm³/mol. The summed E-state index contributed by atoms with van der Waals surface area (Å²) in [6.45, 7) is 5.88. The molecule has 2 rings (SSSR count). The van der Waals surface area contributed by atoms with E-state index in [4.69, 9.17) is 4.52 Å². The maximum atomic E-state index is 12.0. The third kappa shape index (κ3) is 2.39. The Labute approximate surface area is 104 Å². The summed E-state index contributed by atoms with van der Waals surface area (Å²) in [6.07, 6.45) is 2.46. The molecular formula is C12H14N2O2S. The maximum Gasteiger partial charge on any atom is 0.265 e. The second-order valence-electron chi connectivity index (χ2n) is 3.82. The highest BCUT2D eigenvalue weighted by molar-refractivity contribution is 7.14. The minimum Gasteiger partial charge on any atom is -0.359 e. The van der Waals surface area contributed by atoms with Crippen molar-refractivity contribution in [3.05, 3.63) is 33.3 Å². The molecule has 0 aliphatic carbocycles. The molecule has 0 aliphatic heterocycles. The molecule has 0 atom stereocenters. The number of nitrogens with zero attached hydrogens (tertiary/aromatic N) is 1. The smallest absolute Gasteiger partial charge is 0.265 e. The summed E-state index contributed by atoms with van der Waals surface area (Å²) in [5.41, 5.74) is 1.80. The van der Waals surface area contributed by atoms with Gasteiger partial charge in [-0.15, -0.1) is 11.3 Å². The van der Waals surface area contributed by atoms with E-state index in [2.05, 4.69) is 17.4 Å². The van der Waals surface area contributed by atoms with Gasteiger partial charge in [-0.2, -0.15) is 0 Å². The van der Waals surface area contributed by atoms with Gasteiger partial charge in [-0.1, -0.05) is 12.1 Å². The van der Waals surface area contributed by atoms with Crippen molar-refractivity contribution in [2.45, 2.75) is 27.2 Å². The first-order valence-corrected chi connectivity index (χ1v) is 6.25. The molecule has 0 unspecified atom stereocenters. The highest BCUT2D eigenvalue weighted by Crippen LogP contribution is 2.23. The Morgan fingerprint density at radius 1 is 1.53 bits per heavy atom. The van der Waals surface area contributed by atoms with Gasteiger partial charge in [0.1, 0.15) is 5.69 Å². The molecule has 5 heteroatoms. The zero-order chi connectivity index (χ0) is 12.4. The van der Waals surface area contributed by atoms with Crippen LogP contribution in [0.4, 0.5) is 5.69 Å². The Kier molecular flexibility index (Phi) is 3.28. The molecule has 0 aliphatic rings. The van der Waals surface area contributed by atoms with Crippen molar-refractivity contribution in [1.82, 2.24) is 5.16 Å². The second-order valence-corrected chi connectivity index (χ2v) is 4.96. The van der Waals surface area contributed by atoms with Gasteiger partial charge in [0.2, 0.25) is 0 Å². The molecule has 0 saturated carbocycles. The topological polar surface area (TPSA) is 55.1 Å². The second kappa shape index (κ2) is 4.71. The summed E-state index contributed by atoms with van der Waals surface area (Å²) in [6, 6.07) is 1.92. The molecule has 17 heavy (non-hydrogen) atoms. The predicted octanol–water partition coefficient (Wildman–Crippen LogP) is 3.17. The largest absolute Gasteiger partial charge is 0.359 e. The highest BCUT2D eigenvalue weighted by Gasteiger charge is 2.13. The van der Waals surface area contributed by atoms with Crippen LogP contribution in [0.1, 0.15) is 32.8 Å². The van der Waals surface area contributed by atoms with Crippen LogP contribution >= 0.6 is 11.3 Å². The van der Waals surface area contributed by atoms with Gasteiger partial charge in [-0.05, 0) is 31.9 Å². The number of carbonyl (C=O) groups is 1. The normalized spacial score (nSPS) is 10.5. The number of anilines is 1. The van der Waals surface area contributed by atoms with E-state index in [0.717, 1.165) is 11.3 Å². The summed E-state index contributed by atoms with van der Waals surface area (Å²) in [5.74, 6) is 0.506. The van der Waals surface area contributed by atoms with E-state index in [-0.39, 0.29) is 5.91 Å². The van der Waals surface area contributed by atoms with Gasteiger partial charge in [0.05, 0.1) is 11.1 Å². The van der Waals surface area contributed by atoms with Crippen LogP contribution in [0.2, 0.25) is 0 Å². The van der Waals surface area contributed by atoms with Crippen molar-refractivity contribution in [3.8, 4) is 0 Å². The van der Waals surface area contributed by atoms with Crippen molar-refractivity contribution in [3.63, 3.8) is 0 Å². The molecule has 0 aromatic carbocycles. The summed E-state index contributed by atoms with van der Waals surface area (Å²) in [4.78, 5) is 13.9. The summed E-state index contributed by atoms with van der Waals surface area (Å²) >= 11 is 1.53. The Hall–Kier alpha value is -1.62. The highest BCUT2D eigenvalue weighted by atomic mass is 32.1. The number of rotatable bonds is 3. The third-order valence-corrected chi connectivity index (χ3v) is 3.94. The van der Waals surface area contributed by atoms with Crippen LogP contribution < -0.4 is 5.32 Å². The van der Waals surface area contributed by atoms with Gasteiger partial charge in [0.25, 0.3) is 5.91 Å². The van der Waals surface area contributed by atoms with E-state index in [1.165, 1.54) is 28.0 Å². The van der Waals surface area contributed by atoms with Crippen molar-refractivity contribution in [2.24, 2.45) is 0 Å². The first-order valence-electron chi connectivity index (χ1n) is 5.43. The first-order chi connectivity index (χ1) is 8.11. The van der Waals surface area contributed by atoms with Gasteiger partial charge in [0.15, 0.2) is 5.76 Å². The van der Waals surface area contributed by atoms with E-state index in [0.29, 0.717) is 11.4 Å². The Morgan fingerprint density at radius 3 is 2.82 bits per heavy atom. The van der Waals surface area contributed by atoms with Crippen molar-refractivity contribution in [2.75, 3.05) is 5.32 Å². The fourth-order valence-corrected chi connectivity index (χ4v) is 2.59. The standard InChI is InChI=1S/C12H14N2O2S/c1-4-10-7(2)5-11(17-10)12(15)14-9-6-13-16-8(9)3/h5-6H,4H2,1-3H3,(H,14,15). The van der Waals surface area contributed by atoms with Crippen LogP contribution in [0.3, 0.4) is 0 Å². The molecule has 2 aromatic heterocycles. The minimum absolute atomic E-state index is 0.107. The van der Waals surface area contributed by atoms with E-state index >= 15 is 0 Å². The van der Waals surface area contributed by atoms with Gasteiger partial charge in [-0.3, -0.25) is 4.79 Å². The lowest BCUT2D eigenvalue weighted by molar-refractivity contribution is 0.103. The molecule has 0 saturated heterocycles. The molecule has 90 valence electrons. The van der Waals surface area contributed by atoms with Crippen molar-refractivity contribution >= 4 is 22.9 Å². The third-order valence-electron chi connectivity index (χ3n) is 2.56. The molecule has 0 bridgehead atoms. The number of nitrogens with one attached hydrogen (secondary N) is 1. The molecular weight excluding hydrogens is 236 g/mol. The van der Waals surface area contributed by atoms with Crippen LogP contribution in [0.25, 0.3) is 0 Å². The molecule has 0 radical (unpaired) electrons. The maximum absolute atomic E-state index is 12.0. The van der Waals surface area contributed by atoms with Gasteiger partial charge < -0.3 is 9.84 Å². The van der Waals surface area contributed by atoms with Gasteiger partial charge in [-0.25, -0.2) is 0 Å². The van der Waals surface area contributed by atoms with Crippen molar-refractivity contribution < 1.29 is 9.32 Å². The lowest BCUT2D eigenvalue weighted by atomic mass is 10.2. The van der Waals surface area contributed by atoms with E-state index < -0.39 is 0 Å². The first kappa shape index (κ1) is 11.9. The average Bonchev–Trinajstić information content (AvgIpc) is 2.86. The average molecular weight is 250 g/mol. The van der Waals surface area contributed by atoms with Crippen molar-refractivity contribution in [1.29, 1.82) is 0 Å². The van der Waals surface area contributed by atoms with E-state index in [1.807, 2.05) is 13.0 Å². The monoisotopic (exact) mass is 250 g/mol. The lowest BCUT2D eigenvalue weighted by Gasteiger charge is -1.99. The van der Waals surface area contributed by atoms with Gasteiger partial charge in [0, 0.05) is 4.88 Å². The molecule has 1 amide bonds. The number of carbonyl (C=O) groups excluding carboxylic acids is 1. The number of aryl methyl sites for hydroxylation is 3. The zero-order valence-corrected chi connectivity index (χ0v) is 10.9. The Bertz CT molecular complexity index is 542. The minimum atomic E-state index is -0.107. The number of hydrogen-bond donors (Lipinski definition) is 1. The molecule has 0 fully saturated rings. The molecule has 0 spiro atoms. The number of aromatic nitrogens is 1. The van der Waals surface area contributed by atoms with E-state index in [9.17, 15) is 4.79 Å². The number of thiophene rings is 1. The SMILES string of the molecule is CCc1sc(C(=O)Nc2cnoc2C)cc1C. The molecule has 2 aromatic rings. The molecule has 4 nitrogen and oxygen atoms in total. The van der Waals surface area contributed by atoms with Gasteiger partial charge >= 0.3 is 0 Å². The number of hydrogen-bond acceptors (Lipinski definition) is 4. The van der Waals surface area contributed by atoms with Crippen LogP contribution in [-0.4, -0.2) is 11.1 Å². The lowest BCUT2D eigenvalue weighted by Crippen LogP contribution is -2.10. The Morgan fingerprint density at radius 2 is 2.29 bits per heavy atom. The fourth-order valence-electron chi connectivity index (χ4n) is 1.59. The fraction of sp³-hybridized carbons (Fsp3) is 0.333. The zero-order valence-electron chi connectivity index (χ0n) is 10.0. The summed E-state index contributed by atoms with van der Waals surface area (Å²) < 4.78 is 4.89. The summed E-state index contributed by atoms with van der Waals surface area (Å²) in [5, 5.41) is 6.41. The molecule has 1 N–H and O–H groups in total.